The number of hydrogen-bond acceptors (Lipinski definition) is 5. The van der Waals surface area contributed by atoms with Crippen LogP contribution in [0.5, 0.6) is 0 Å². The molecule has 0 aliphatic rings. The first kappa shape index (κ1) is 9.59. The summed E-state index contributed by atoms with van der Waals surface area (Å²) in [5.41, 5.74) is 5.48. The second kappa shape index (κ2) is 3.94. The molecule has 0 aromatic carbocycles. The van der Waals surface area contributed by atoms with E-state index in [4.69, 9.17) is 5.73 Å². The molecule has 0 bridgehead atoms. The fourth-order valence-electron chi connectivity index (χ4n) is 0.722. The molecule has 0 aliphatic carbocycles. The maximum Gasteiger partial charge on any atom is 0.270 e. The minimum absolute atomic E-state index is 0.177. The monoisotopic (exact) mass is 184 g/mol. The highest BCUT2D eigenvalue weighted by molar-refractivity contribution is 5.92. The SMILES string of the molecule is CCC(N)C(=O)Nc1nnn(C)n1. The Labute approximate surface area is 75.3 Å². The van der Waals surface area contributed by atoms with Gasteiger partial charge >= 0.3 is 0 Å². The molecule has 0 saturated carbocycles. The summed E-state index contributed by atoms with van der Waals surface area (Å²) in [6.45, 7) is 1.83. The topological polar surface area (TPSA) is 98.7 Å². The molecule has 72 valence electrons. The molecule has 0 saturated heterocycles. The van der Waals surface area contributed by atoms with Crippen molar-refractivity contribution in [2.45, 2.75) is 19.4 Å². The van der Waals surface area contributed by atoms with Crippen molar-refractivity contribution in [1.82, 2.24) is 20.2 Å². The molecule has 0 fully saturated rings. The highest BCUT2D eigenvalue weighted by atomic mass is 16.2. The Hall–Kier alpha value is -1.50. The van der Waals surface area contributed by atoms with Crippen LogP contribution in [0.4, 0.5) is 5.95 Å². The van der Waals surface area contributed by atoms with E-state index < -0.39 is 6.04 Å². The Bertz CT molecular complexity index is 295. The molecule has 1 atom stereocenters. The zero-order valence-electron chi connectivity index (χ0n) is 7.56. The van der Waals surface area contributed by atoms with E-state index in [-0.39, 0.29) is 11.9 Å². The van der Waals surface area contributed by atoms with Crippen LogP contribution in [-0.4, -0.2) is 32.2 Å². The molecule has 1 amide bonds. The number of rotatable bonds is 3. The summed E-state index contributed by atoms with van der Waals surface area (Å²) in [7, 11) is 1.61. The summed E-state index contributed by atoms with van der Waals surface area (Å²) in [5.74, 6) is -0.119. The number of hydrogen-bond donors (Lipinski definition) is 2. The maximum atomic E-state index is 11.2. The van der Waals surface area contributed by atoms with Crippen LogP contribution in [0.1, 0.15) is 13.3 Å². The van der Waals surface area contributed by atoms with Crippen LogP contribution in [0.25, 0.3) is 0 Å². The summed E-state index contributed by atoms with van der Waals surface area (Å²) in [4.78, 5) is 12.5. The first-order valence-corrected chi connectivity index (χ1v) is 3.94. The van der Waals surface area contributed by atoms with Crippen LogP contribution in [0, 0.1) is 0 Å². The molecule has 0 spiro atoms. The first-order valence-electron chi connectivity index (χ1n) is 3.94. The fraction of sp³-hybridized carbons (Fsp3) is 0.667. The van der Waals surface area contributed by atoms with E-state index in [0.717, 1.165) is 0 Å². The fourth-order valence-corrected chi connectivity index (χ4v) is 0.722. The quantitative estimate of drug-likeness (QED) is 0.620. The molecule has 1 rings (SSSR count). The number of nitrogens with zero attached hydrogens (tertiary/aromatic N) is 4. The zero-order chi connectivity index (χ0) is 9.84. The number of carbonyl (C=O) groups excluding carboxylic acids is 1. The third kappa shape index (κ3) is 2.48. The number of aryl methyl sites for hydroxylation is 1. The van der Waals surface area contributed by atoms with Crippen molar-refractivity contribution < 1.29 is 4.79 Å². The standard InChI is InChI=1S/C6H12N6O/c1-3-4(7)5(13)8-6-9-11-12(2)10-6/h4H,3,7H2,1-2H3,(H,8,10,13). The van der Waals surface area contributed by atoms with E-state index in [2.05, 4.69) is 20.7 Å². The largest absolute Gasteiger partial charge is 0.320 e. The highest BCUT2D eigenvalue weighted by Gasteiger charge is 2.12. The van der Waals surface area contributed by atoms with Crippen LogP contribution in [0.15, 0.2) is 0 Å². The average molecular weight is 184 g/mol. The molecule has 3 N–H and O–H groups in total. The number of nitrogens with two attached hydrogens (primary N) is 1. The lowest BCUT2D eigenvalue weighted by atomic mass is 10.2. The van der Waals surface area contributed by atoms with Crippen LogP contribution in [-0.2, 0) is 11.8 Å². The van der Waals surface area contributed by atoms with Crippen molar-refractivity contribution in [3.8, 4) is 0 Å². The van der Waals surface area contributed by atoms with Gasteiger partial charge in [-0.15, -0.1) is 5.10 Å². The minimum atomic E-state index is -0.524. The van der Waals surface area contributed by atoms with E-state index in [9.17, 15) is 4.79 Å². The number of nitrogens with one attached hydrogen (secondary N) is 1. The van der Waals surface area contributed by atoms with Crippen molar-refractivity contribution >= 4 is 11.9 Å². The van der Waals surface area contributed by atoms with E-state index in [1.165, 1.54) is 4.80 Å². The Morgan fingerprint density at radius 3 is 2.92 bits per heavy atom. The molecule has 13 heavy (non-hydrogen) atoms. The van der Waals surface area contributed by atoms with Gasteiger partial charge in [-0.2, -0.15) is 4.80 Å². The summed E-state index contributed by atoms with van der Waals surface area (Å²) in [6, 6.07) is -0.524. The number of tetrazole rings is 1. The smallest absolute Gasteiger partial charge is 0.270 e. The maximum absolute atomic E-state index is 11.2. The van der Waals surface area contributed by atoms with Crippen molar-refractivity contribution in [2.75, 3.05) is 5.32 Å². The molecule has 7 heteroatoms. The van der Waals surface area contributed by atoms with Crippen molar-refractivity contribution in [3.05, 3.63) is 0 Å². The third-order valence-corrected chi connectivity index (χ3v) is 1.52. The normalized spacial score (nSPS) is 12.5. The molecular formula is C6H12N6O. The van der Waals surface area contributed by atoms with Crippen LogP contribution in [0.3, 0.4) is 0 Å². The van der Waals surface area contributed by atoms with Gasteiger partial charge in [-0.3, -0.25) is 10.1 Å². The van der Waals surface area contributed by atoms with Gasteiger partial charge in [0.25, 0.3) is 5.95 Å². The molecule has 0 aliphatic heterocycles. The van der Waals surface area contributed by atoms with E-state index in [0.29, 0.717) is 6.42 Å². The summed E-state index contributed by atoms with van der Waals surface area (Å²) >= 11 is 0. The Kier molecular flexibility index (Phi) is 2.91. The number of aromatic nitrogens is 4. The van der Waals surface area contributed by atoms with Crippen LogP contribution in [0.2, 0.25) is 0 Å². The van der Waals surface area contributed by atoms with Crippen molar-refractivity contribution in [2.24, 2.45) is 12.8 Å². The lowest BCUT2D eigenvalue weighted by molar-refractivity contribution is -0.117. The number of carbonyl (C=O) groups is 1. The predicted octanol–water partition coefficient (Wildman–Crippen LogP) is -1.11. The second-order valence-electron chi connectivity index (χ2n) is 2.61. The number of amides is 1. The van der Waals surface area contributed by atoms with Gasteiger partial charge in [0.2, 0.25) is 5.91 Å². The van der Waals surface area contributed by atoms with Gasteiger partial charge in [-0.05, 0) is 11.6 Å². The Morgan fingerprint density at radius 1 is 1.77 bits per heavy atom. The van der Waals surface area contributed by atoms with Gasteiger partial charge in [-0.1, -0.05) is 12.0 Å². The summed E-state index contributed by atoms with van der Waals surface area (Å²) in [5, 5.41) is 13.4. The zero-order valence-corrected chi connectivity index (χ0v) is 7.56. The van der Waals surface area contributed by atoms with Gasteiger partial charge in [0.05, 0.1) is 13.1 Å². The predicted molar refractivity (Wildman–Crippen MR) is 45.7 cm³/mol. The molecule has 1 aromatic heterocycles. The molecule has 1 aromatic rings. The Morgan fingerprint density at radius 2 is 2.46 bits per heavy atom. The summed E-state index contributed by atoms with van der Waals surface area (Å²) < 4.78 is 0. The van der Waals surface area contributed by atoms with Gasteiger partial charge in [0, 0.05) is 0 Å². The van der Waals surface area contributed by atoms with Gasteiger partial charge in [0.1, 0.15) is 0 Å². The summed E-state index contributed by atoms with van der Waals surface area (Å²) in [6.07, 6.45) is 0.575. The van der Waals surface area contributed by atoms with E-state index >= 15 is 0 Å². The lowest BCUT2D eigenvalue weighted by Crippen LogP contribution is -2.35. The van der Waals surface area contributed by atoms with E-state index in [1.807, 2.05) is 6.92 Å². The average Bonchev–Trinajstić information content (AvgIpc) is 2.49. The number of anilines is 1. The third-order valence-electron chi connectivity index (χ3n) is 1.52. The van der Waals surface area contributed by atoms with Crippen molar-refractivity contribution in [3.63, 3.8) is 0 Å². The van der Waals surface area contributed by atoms with Gasteiger partial charge in [-0.25, -0.2) is 0 Å². The van der Waals surface area contributed by atoms with Crippen molar-refractivity contribution in [1.29, 1.82) is 0 Å². The minimum Gasteiger partial charge on any atom is -0.320 e. The molecule has 0 radical (unpaired) electrons. The molecule has 1 unspecified atom stereocenters. The second-order valence-corrected chi connectivity index (χ2v) is 2.61. The van der Waals surface area contributed by atoms with E-state index in [1.54, 1.807) is 7.05 Å². The highest BCUT2D eigenvalue weighted by Crippen LogP contribution is 1.95. The molecule has 1 heterocycles. The molecular weight excluding hydrogens is 172 g/mol. The lowest BCUT2D eigenvalue weighted by Gasteiger charge is -2.05. The van der Waals surface area contributed by atoms with Crippen LogP contribution >= 0.6 is 0 Å². The van der Waals surface area contributed by atoms with Gasteiger partial charge < -0.3 is 5.73 Å². The van der Waals surface area contributed by atoms with Gasteiger partial charge in [0.15, 0.2) is 0 Å². The van der Waals surface area contributed by atoms with Crippen LogP contribution < -0.4 is 11.1 Å². The first-order chi connectivity index (χ1) is 6.13. The Balaban J connectivity index is 2.54. The molecule has 7 nitrogen and oxygen atoms in total.